The SMILES string of the molecule is CC(N=Cc1ccc(-c2ccccc2-c2ccccc2)c2sc3c(-c4ccccc4)cc(-c4ccccc4)cc3c12)=NC(=N)c1ccccc1.c1ccccc1. The molecule has 0 spiro atoms. The second-order valence-electron chi connectivity index (χ2n) is 13.3. The fourth-order valence-corrected chi connectivity index (χ4v) is 8.32. The van der Waals surface area contributed by atoms with Gasteiger partial charge in [-0.05, 0) is 52.4 Å². The maximum absolute atomic E-state index is 8.52. The van der Waals surface area contributed by atoms with E-state index in [4.69, 9.17) is 10.4 Å². The topological polar surface area (TPSA) is 48.6 Å². The first-order valence-corrected chi connectivity index (χ1v) is 19.5. The summed E-state index contributed by atoms with van der Waals surface area (Å²) in [6, 6.07) is 71.2. The van der Waals surface area contributed by atoms with E-state index in [0.29, 0.717) is 5.84 Å². The summed E-state index contributed by atoms with van der Waals surface area (Å²) in [5, 5.41) is 10.9. The quantitative estimate of drug-likeness (QED) is 0.130. The molecule has 0 atom stereocenters. The molecule has 4 heteroatoms. The maximum atomic E-state index is 8.52. The van der Waals surface area contributed by atoms with Crippen LogP contribution in [0.4, 0.5) is 0 Å². The van der Waals surface area contributed by atoms with Crippen LogP contribution in [0.2, 0.25) is 0 Å². The fraction of sp³-hybridized carbons (Fsp3) is 0.0192. The van der Waals surface area contributed by atoms with Crippen LogP contribution in [0, 0.1) is 5.41 Å². The lowest BCUT2D eigenvalue weighted by molar-refractivity contribution is 1.39. The van der Waals surface area contributed by atoms with Gasteiger partial charge in [0.25, 0.3) is 0 Å². The molecule has 1 aromatic heterocycles. The van der Waals surface area contributed by atoms with Gasteiger partial charge >= 0.3 is 0 Å². The highest BCUT2D eigenvalue weighted by Crippen LogP contribution is 2.48. The summed E-state index contributed by atoms with van der Waals surface area (Å²) in [4.78, 5) is 9.33. The van der Waals surface area contributed by atoms with E-state index in [2.05, 4.69) is 145 Å². The van der Waals surface area contributed by atoms with Gasteiger partial charge in [-0.2, -0.15) is 0 Å². The minimum atomic E-state index is 0.194. The number of nitrogens with zero attached hydrogens (tertiary/aromatic N) is 2. The van der Waals surface area contributed by atoms with E-state index in [9.17, 15) is 0 Å². The Kier molecular flexibility index (Phi) is 10.9. The van der Waals surface area contributed by atoms with Crippen LogP contribution in [0.25, 0.3) is 64.7 Å². The van der Waals surface area contributed by atoms with Crippen LogP contribution < -0.4 is 0 Å². The second kappa shape index (κ2) is 17.0. The first kappa shape index (κ1) is 36.0. The summed E-state index contributed by atoms with van der Waals surface area (Å²) in [5.41, 5.74) is 11.3. The smallest absolute Gasteiger partial charge is 0.153 e. The van der Waals surface area contributed by atoms with Gasteiger partial charge in [0, 0.05) is 48.6 Å². The van der Waals surface area contributed by atoms with Crippen LogP contribution in [0.15, 0.2) is 216 Å². The normalized spacial score (nSPS) is 11.4. The predicted molar refractivity (Wildman–Crippen MR) is 241 cm³/mol. The molecule has 0 saturated carbocycles. The van der Waals surface area contributed by atoms with Crippen LogP contribution in [0.3, 0.4) is 0 Å². The highest BCUT2D eigenvalue weighted by Gasteiger charge is 2.20. The molecule has 56 heavy (non-hydrogen) atoms. The zero-order valence-corrected chi connectivity index (χ0v) is 31.8. The monoisotopic (exact) mass is 737 g/mol. The third-order valence-electron chi connectivity index (χ3n) is 9.62. The van der Waals surface area contributed by atoms with Gasteiger partial charge in [-0.3, -0.25) is 5.41 Å². The number of hydrogen-bond donors (Lipinski definition) is 1. The van der Waals surface area contributed by atoms with Gasteiger partial charge in [0.1, 0.15) is 5.84 Å². The molecule has 8 aromatic carbocycles. The second-order valence-corrected chi connectivity index (χ2v) is 14.4. The molecular weight excluding hydrogens is 699 g/mol. The molecule has 268 valence electrons. The number of benzene rings is 8. The standard InChI is InChI=1S/C46H33N3S.C6H6/c1-31(49-46(47)35-22-12-5-13-23-35)48-30-36-26-27-40(39-25-15-14-24-38(39)33-18-8-3-9-19-33)45-43(36)42-29-37(32-16-6-2-7-17-32)28-41(44(42)50-45)34-20-10-4-11-21-34;1-2-4-6-5-3-1/h2-30,47H,1H3;1-6H. The van der Waals surface area contributed by atoms with E-state index in [0.717, 1.165) is 16.5 Å². The minimum Gasteiger partial charge on any atom is -0.282 e. The van der Waals surface area contributed by atoms with Crippen molar-refractivity contribution >= 4 is 49.4 Å². The molecule has 0 aliphatic rings. The molecule has 9 rings (SSSR count). The van der Waals surface area contributed by atoms with Crippen molar-refractivity contribution in [2.75, 3.05) is 0 Å². The van der Waals surface area contributed by atoms with Gasteiger partial charge in [0.05, 0.1) is 0 Å². The summed E-state index contributed by atoms with van der Waals surface area (Å²) >= 11 is 1.84. The zero-order valence-electron chi connectivity index (χ0n) is 31.0. The summed E-state index contributed by atoms with van der Waals surface area (Å²) in [7, 11) is 0. The highest BCUT2D eigenvalue weighted by atomic mass is 32.1. The highest BCUT2D eigenvalue weighted by molar-refractivity contribution is 7.27. The van der Waals surface area contributed by atoms with Crippen molar-refractivity contribution in [3.8, 4) is 44.5 Å². The van der Waals surface area contributed by atoms with Gasteiger partial charge < -0.3 is 0 Å². The van der Waals surface area contributed by atoms with Crippen molar-refractivity contribution < 1.29 is 0 Å². The average Bonchev–Trinajstić information content (AvgIpc) is 3.67. The summed E-state index contributed by atoms with van der Waals surface area (Å²) < 4.78 is 2.45. The Morgan fingerprint density at radius 2 is 0.964 bits per heavy atom. The Bertz CT molecular complexity index is 2760. The Hall–Kier alpha value is -7.01. The summed E-state index contributed by atoms with van der Waals surface area (Å²) in [5.74, 6) is 0.722. The number of nitrogens with one attached hydrogen (secondary N) is 1. The molecule has 0 amide bonds. The lowest BCUT2D eigenvalue weighted by Crippen LogP contribution is -1.99. The van der Waals surface area contributed by atoms with Crippen molar-refractivity contribution in [3.05, 3.63) is 217 Å². The van der Waals surface area contributed by atoms with Crippen molar-refractivity contribution in [2.24, 2.45) is 9.98 Å². The Morgan fingerprint density at radius 3 is 1.57 bits per heavy atom. The number of fused-ring (bicyclic) bond motifs is 3. The molecule has 9 aromatic rings. The third kappa shape index (κ3) is 7.92. The molecular formula is C52H39N3S. The van der Waals surface area contributed by atoms with Crippen molar-refractivity contribution in [3.63, 3.8) is 0 Å². The maximum Gasteiger partial charge on any atom is 0.153 e. The van der Waals surface area contributed by atoms with Crippen LogP contribution in [-0.4, -0.2) is 17.9 Å². The van der Waals surface area contributed by atoms with E-state index in [1.54, 1.807) is 0 Å². The van der Waals surface area contributed by atoms with Gasteiger partial charge in [0.2, 0.25) is 0 Å². The number of aliphatic imine (C=N–C) groups is 2. The minimum absolute atomic E-state index is 0.194. The van der Waals surface area contributed by atoms with Gasteiger partial charge in [-0.15, -0.1) is 11.3 Å². The zero-order chi connectivity index (χ0) is 38.1. The number of amidine groups is 2. The molecule has 0 fully saturated rings. The van der Waals surface area contributed by atoms with Crippen LogP contribution >= 0.6 is 11.3 Å². The van der Waals surface area contributed by atoms with Gasteiger partial charge in [-0.25, -0.2) is 9.98 Å². The lowest BCUT2D eigenvalue weighted by Gasteiger charge is -2.12. The van der Waals surface area contributed by atoms with Crippen molar-refractivity contribution in [1.82, 2.24) is 0 Å². The molecule has 0 saturated heterocycles. The summed E-state index contributed by atoms with van der Waals surface area (Å²) in [6.45, 7) is 1.85. The molecule has 3 nitrogen and oxygen atoms in total. The van der Waals surface area contributed by atoms with Crippen LogP contribution in [0.5, 0.6) is 0 Å². The lowest BCUT2D eigenvalue weighted by atomic mass is 9.91. The fourth-order valence-electron chi connectivity index (χ4n) is 6.94. The molecule has 1 N–H and O–H groups in total. The Labute approximate surface area is 332 Å². The average molecular weight is 738 g/mol. The number of thiophene rings is 1. The molecule has 0 aliphatic carbocycles. The van der Waals surface area contributed by atoms with E-state index in [1.807, 2.05) is 91.2 Å². The van der Waals surface area contributed by atoms with E-state index < -0.39 is 0 Å². The number of rotatable bonds is 6. The van der Waals surface area contributed by atoms with Gasteiger partial charge in [-0.1, -0.05) is 194 Å². The first-order valence-electron chi connectivity index (χ1n) is 18.7. The van der Waals surface area contributed by atoms with Crippen LogP contribution in [-0.2, 0) is 0 Å². The molecule has 0 aliphatic heterocycles. The molecule has 1 heterocycles. The molecule has 0 radical (unpaired) electrons. The van der Waals surface area contributed by atoms with Crippen LogP contribution in [0.1, 0.15) is 18.1 Å². The van der Waals surface area contributed by atoms with E-state index in [-0.39, 0.29) is 5.84 Å². The van der Waals surface area contributed by atoms with E-state index >= 15 is 0 Å². The molecule has 0 unspecified atom stereocenters. The molecule has 0 bridgehead atoms. The third-order valence-corrected chi connectivity index (χ3v) is 10.9. The van der Waals surface area contributed by atoms with Crippen molar-refractivity contribution in [2.45, 2.75) is 6.92 Å². The Morgan fingerprint density at radius 1 is 0.464 bits per heavy atom. The summed E-state index contributed by atoms with van der Waals surface area (Å²) in [6.07, 6.45) is 1.91. The van der Waals surface area contributed by atoms with Crippen molar-refractivity contribution in [1.29, 1.82) is 5.41 Å². The Balaban J connectivity index is 0.000000673. The number of hydrogen-bond acceptors (Lipinski definition) is 2. The van der Waals surface area contributed by atoms with E-state index in [1.165, 1.54) is 59.3 Å². The predicted octanol–water partition coefficient (Wildman–Crippen LogP) is 14.3. The first-order chi connectivity index (χ1) is 27.6. The largest absolute Gasteiger partial charge is 0.282 e. The van der Waals surface area contributed by atoms with Gasteiger partial charge in [0.15, 0.2) is 5.84 Å².